The van der Waals surface area contributed by atoms with E-state index in [-0.39, 0.29) is 0 Å². The summed E-state index contributed by atoms with van der Waals surface area (Å²) >= 11 is 0. The smallest absolute Gasteiger partial charge is 0.371 e. The van der Waals surface area contributed by atoms with Gasteiger partial charge in [-0.3, -0.25) is 0 Å². The molecule has 0 bridgehead atoms. The fourth-order valence-electron chi connectivity index (χ4n) is 2.07. The highest BCUT2D eigenvalue weighted by Gasteiger charge is 2.30. The van der Waals surface area contributed by atoms with E-state index in [9.17, 15) is 13.2 Å². The van der Waals surface area contributed by atoms with Crippen molar-refractivity contribution in [3.05, 3.63) is 40.7 Å². The molecule has 6 heteroatoms. The van der Waals surface area contributed by atoms with Crippen LogP contribution >= 0.6 is 0 Å². The number of aromatic nitrogens is 2. The number of halogens is 3. The molecule has 0 aliphatic heterocycles. The van der Waals surface area contributed by atoms with Gasteiger partial charge in [-0.05, 0) is 38.5 Å². The molecular formula is C15H16F3N3. The van der Waals surface area contributed by atoms with Crippen LogP contribution in [0.5, 0.6) is 0 Å². The number of anilines is 1. The Morgan fingerprint density at radius 1 is 1.00 bits per heavy atom. The van der Waals surface area contributed by atoms with Crippen LogP contribution in [-0.2, 0) is 6.18 Å². The molecule has 21 heavy (non-hydrogen) atoms. The molecule has 0 saturated heterocycles. The summed E-state index contributed by atoms with van der Waals surface area (Å²) in [7, 11) is 1.71. The lowest BCUT2D eigenvalue weighted by Gasteiger charge is -2.14. The van der Waals surface area contributed by atoms with E-state index in [4.69, 9.17) is 0 Å². The number of aryl methyl sites for hydroxylation is 3. The minimum atomic E-state index is -4.34. The molecule has 0 unspecified atom stereocenters. The summed E-state index contributed by atoms with van der Waals surface area (Å²) in [5.74, 6) is 0.556. The number of nitrogens with one attached hydrogen (secondary N) is 1. The minimum absolute atomic E-state index is 0.513. The number of benzene rings is 1. The molecule has 2 rings (SSSR count). The third-order valence-electron chi connectivity index (χ3n) is 3.35. The van der Waals surface area contributed by atoms with Crippen molar-refractivity contribution < 1.29 is 13.2 Å². The Labute approximate surface area is 121 Å². The Balaban J connectivity index is 2.60. The van der Waals surface area contributed by atoms with Gasteiger partial charge in [-0.15, -0.1) is 0 Å². The minimum Gasteiger partial charge on any atom is -0.371 e. The van der Waals surface area contributed by atoms with Crippen molar-refractivity contribution in [2.75, 3.05) is 12.4 Å². The Kier molecular flexibility index (Phi) is 3.89. The summed E-state index contributed by atoms with van der Waals surface area (Å²) in [6.07, 6.45) is -4.34. The standard InChI is InChI=1S/C15H16F3N3/c1-8-7-11(15(16,17)18)5-6-12(8)13-14(19-4)21-10(3)9(2)20-13/h5-7H,1-4H3,(H,19,21). The second-order valence-electron chi connectivity index (χ2n) is 4.87. The van der Waals surface area contributed by atoms with Crippen molar-refractivity contribution in [3.8, 4) is 11.3 Å². The van der Waals surface area contributed by atoms with Gasteiger partial charge in [-0.2, -0.15) is 13.2 Å². The van der Waals surface area contributed by atoms with Gasteiger partial charge >= 0.3 is 6.18 Å². The van der Waals surface area contributed by atoms with Gasteiger partial charge in [-0.1, -0.05) is 6.07 Å². The molecule has 0 fully saturated rings. The first kappa shape index (κ1) is 15.3. The largest absolute Gasteiger partial charge is 0.416 e. The first-order valence-corrected chi connectivity index (χ1v) is 6.45. The van der Waals surface area contributed by atoms with E-state index in [1.807, 2.05) is 13.8 Å². The predicted molar refractivity (Wildman–Crippen MR) is 76.2 cm³/mol. The maximum atomic E-state index is 12.7. The number of nitrogens with zero attached hydrogens (tertiary/aromatic N) is 2. The molecule has 1 N–H and O–H groups in total. The van der Waals surface area contributed by atoms with Gasteiger partial charge in [0, 0.05) is 12.6 Å². The fraction of sp³-hybridized carbons (Fsp3) is 0.333. The van der Waals surface area contributed by atoms with Gasteiger partial charge in [0.05, 0.1) is 17.0 Å². The van der Waals surface area contributed by atoms with E-state index in [2.05, 4.69) is 15.3 Å². The molecule has 0 radical (unpaired) electrons. The molecule has 1 aromatic carbocycles. The third-order valence-corrected chi connectivity index (χ3v) is 3.35. The van der Waals surface area contributed by atoms with E-state index in [1.165, 1.54) is 6.07 Å². The summed E-state index contributed by atoms with van der Waals surface area (Å²) < 4.78 is 38.2. The van der Waals surface area contributed by atoms with Gasteiger partial charge in [-0.25, -0.2) is 9.97 Å². The van der Waals surface area contributed by atoms with Gasteiger partial charge < -0.3 is 5.32 Å². The normalized spacial score (nSPS) is 11.6. The van der Waals surface area contributed by atoms with E-state index in [1.54, 1.807) is 14.0 Å². The van der Waals surface area contributed by atoms with Gasteiger partial charge in [0.2, 0.25) is 0 Å². The molecule has 1 aromatic heterocycles. The maximum absolute atomic E-state index is 12.7. The molecule has 0 amide bonds. The Morgan fingerprint density at radius 2 is 1.62 bits per heavy atom. The number of alkyl halides is 3. The molecule has 2 aromatic rings. The molecule has 0 spiro atoms. The highest BCUT2D eigenvalue weighted by atomic mass is 19.4. The summed E-state index contributed by atoms with van der Waals surface area (Å²) in [4.78, 5) is 8.84. The lowest BCUT2D eigenvalue weighted by Crippen LogP contribution is -2.07. The average molecular weight is 295 g/mol. The molecule has 1 heterocycles. The lowest BCUT2D eigenvalue weighted by molar-refractivity contribution is -0.137. The lowest BCUT2D eigenvalue weighted by atomic mass is 10.0. The zero-order chi connectivity index (χ0) is 15.8. The van der Waals surface area contributed by atoms with Gasteiger partial charge in [0.15, 0.2) is 5.82 Å². The van der Waals surface area contributed by atoms with Crippen LogP contribution < -0.4 is 5.32 Å². The summed E-state index contributed by atoms with van der Waals surface area (Å²) in [5.41, 5.74) is 2.59. The highest BCUT2D eigenvalue weighted by Crippen LogP contribution is 2.34. The Hall–Kier alpha value is -2.11. The van der Waals surface area contributed by atoms with Crippen LogP contribution in [0, 0.1) is 20.8 Å². The van der Waals surface area contributed by atoms with Gasteiger partial charge in [0.25, 0.3) is 0 Å². The summed E-state index contributed by atoms with van der Waals surface area (Å²) in [6, 6.07) is 3.64. The predicted octanol–water partition coefficient (Wildman–Crippen LogP) is 4.13. The quantitative estimate of drug-likeness (QED) is 0.905. The fourth-order valence-corrected chi connectivity index (χ4v) is 2.07. The average Bonchev–Trinajstić information content (AvgIpc) is 2.40. The van der Waals surface area contributed by atoms with Crippen molar-refractivity contribution >= 4 is 5.82 Å². The van der Waals surface area contributed by atoms with Crippen molar-refractivity contribution in [3.63, 3.8) is 0 Å². The van der Waals surface area contributed by atoms with Crippen molar-refractivity contribution in [1.82, 2.24) is 9.97 Å². The zero-order valence-electron chi connectivity index (χ0n) is 12.3. The van der Waals surface area contributed by atoms with Crippen LogP contribution in [0.25, 0.3) is 11.3 Å². The molecular weight excluding hydrogens is 279 g/mol. The van der Waals surface area contributed by atoms with Crippen LogP contribution in [0.4, 0.5) is 19.0 Å². The van der Waals surface area contributed by atoms with E-state index < -0.39 is 11.7 Å². The van der Waals surface area contributed by atoms with Crippen LogP contribution in [-0.4, -0.2) is 17.0 Å². The van der Waals surface area contributed by atoms with Crippen LogP contribution in [0.1, 0.15) is 22.5 Å². The van der Waals surface area contributed by atoms with Crippen molar-refractivity contribution in [2.45, 2.75) is 26.9 Å². The SMILES string of the molecule is CNc1nc(C)c(C)nc1-c1ccc(C(F)(F)F)cc1C. The second kappa shape index (κ2) is 5.35. The number of hydrogen-bond donors (Lipinski definition) is 1. The van der Waals surface area contributed by atoms with E-state index in [0.29, 0.717) is 22.6 Å². The second-order valence-corrected chi connectivity index (χ2v) is 4.87. The molecule has 112 valence electrons. The molecule has 3 nitrogen and oxygen atoms in total. The summed E-state index contributed by atoms with van der Waals surface area (Å²) in [5, 5.41) is 2.94. The summed E-state index contributed by atoms with van der Waals surface area (Å²) in [6.45, 7) is 5.30. The molecule has 0 aliphatic carbocycles. The Bertz CT molecular complexity index is 679. The van der Waals surface area contributed by atoms with Crippen molar-refractivity contribution in [1.29, 1.82) is 0 Å². The van der Waals surface area contributed by atoms with E-state index >= 15 is 0 Å². The van der Waals surface area contributed by atoms with Crippen LogP contribution in [0.15, 0.2) is 18.2 Å². The zero-order valence-corrected chi connectivity index (χ0v) is 12.3. The number of rotatable bonds is 2. The maximum Gasteiger partial charge on any atom is 0.416 e. The molecule has 0 atom stereocenters. The third kappa shape index (κ3) is 2.99. The molecule has 0 saturated carbocycles. The van der Waals surface area contributed by atoms with Gasteiger partial charge in [0.1, 0.15) is 5.69 Å². The monoisotopic (exact) mass is 295 g/mol. The van der Waals surface area contributed by atoms with Crippen LogP contribution in [0.3, 0.4) is 0 Å². The first-order chi connectivity index (χ1) is 9.74. The van der Waals surface area contributed by atoms with Crippen molar-refractivity contribution in [2.24, 2.45) is 0 Å². The van der Waals surface area contributed by atoms with Crippen LogP contribution in [0.2, 0.25) is 0 Å². The van der Waals surface area contributed by atoms with E-state index in [0.717, 1.165) is 23.5 Å². The first-order valence-electron chi connectivity index (χ1n) is 6.45. The topological polar surface area (TPSA) is 37.8 Å². The number of hydrogen-bond acceptors (Lipinski definition) is 3. The Morgan fingerprint density at radius 3 is 2.14 bits per heavy atom. The molecule has 0 aliphatic rings. The highest BCUT2D eigenvalue weighted by molar-refractivity contribution is 5.74.